The van der Waals surface area contributed by atoms with Crippen LogP contribution < -0.4 is 10.1 Å². The molecule has 0 aliphatic rings. The minimum absolute atomic E-state index is 0.555. The van der Waals surface area contributed by atoms with Gasteiger partial charge in [-0.25, -0.2) is 0 Å². The summed E-state index contributed by atoms with van der Waals surface area (Å²) in [5.41, 5.74) is 0. The van der Waals surface area contributed by atoms with Gasteiger partial charge < -0.3 is 14.6 Å². The van der Waals surface area contributed by atoms with Crippen molar-refractivity contribution < 1.29 is 9.26 Å². The van der Waals surface area contributed by atoms with Gasteiger partial charge in [-0.15, -0.1) is 11.3 Å². The summed E-state index contributed by atoms with van der Waals surface area (Å²) in [6.45, 7) is 0.840. The fraction of sp³-hybridized carbons (Fsp3) is 0.400. The van der Waals surface area contributed by atoms with E-state index in [9.17, 15) is 0 Å². The number of hydrogen-bond donors (Lipinski definition) is 1. The van der Waals surface area contributed by atoms with Crippen molar-refractivity contribution in [1.82, 2.24) is 15.5 Å². The summed E-state index contributed by atoms with van der Waals surface area (Å²) in [6, 6.07) is 1.89. The molecule has 2 aromatic heterocycles. The number of nitrogens with zero attached hydrogens (tertiary/aromatic N) is 2. The fourth-order valence-corrected chi connectivity index (χ4v) is 2.01. The third kappa shape index (κ3) is 2.40. The van der Waals surface area contributed by atoms with Gasteiger partial charge in [-0.1, -0.05) is 5.16 Å². The minimum atomic E-state index is 0.555. The lowest BCUT2D eigenvalue weighted by Crippen LogP contribution is -2.10. The van der Waals surface area contributed by atoms with Crippen molar-refractivity contribution in [2.24, 2.45) is 0 Å². The third-order valence-electron chi connectivity index (χ3n) is 2.09. The van der Waals surface area contributed by atoms with Crippen LogP contribution in [0.15, 0.2) is 16.0 Å². The Morgan fingerprint density at radius 3 is 3.12 bits per heavy atom. The molecule has 0 radical (unpaired) electrons. The lowest BCUT2D eigenvalue weighted by molar-refractivity contribution is 0.414. The Bertz CT molecular complexity index is 452. The van der Waals surface area contributed by atoms with Gasteiger partial charge in [-0.3, -0.25) is 0 Å². The summed E-state index contributed by atoms with van der Waals surface area (Å²) in [5, 5.41) is 8.85. The molecule has 16 heavy (non-hydrogen) atoms. The molecule has 1 N–H and O–H groups in total. The van der Waals surface area contributed by atoms with Crippen LogP contribution in [0.2, 0.25) is 0 Å². The summed E-state index contributed by atoms with van der Waals surface area (Å²) in [6.07, 6.45) is 0.766. The van der Waals surface area contributed by atoms with E-state index in [4.69, 9.17) is 9.26 Å². The first-order valence-corrected chi connectivity index (χ1v) is 5.81. The molecule has 0 saturated carbocycles. The Kier molecular flexibility index (Phi) is 3.53. The number of hydrogen-bond acceptors (Lipinski definition) is 6. The molecular weight excluding hydrogens is 226 g/mol. The summed E-state index contributed by atoms with van der Waals surface area (Å²) < 4.78 is 10.3. The number of nitrogens with one attached hydrogen (secondary N) is 1. The molecule has 0 saturated heterocycles. The molecule has 0 aliphatic heterocycles. The fourth-order valence-electron chi connectivity index (χ4n) is 1.23. The van der Waals surface area contributed by atoms with Gasteiger partial charge in [0, 0.05) is 24.4 Å². The second-order valence-electron chi connectivity index (χ2n) is 3.22. The smallest absolute Gasteiger partial charge is 0.268 e. The molecule has 0 aromatic carbocycles. The topological polar surface area (TPSA) is 60.2 Å². The van der Waals surface area contributed by atoms with Gasteiger partial charge in [0.05, 0.1) is 12.0 Å². The zero-order valence-electron chi connectivity index (χ0n) is 9.19. The van der Waals surface area contributed by atoms with Gasteiger partial charge in [0.2, 0.25) is 0 Å². The van der Waals surface area contributed by atoms with Crippen LogP contribution in [0.5, 0.6) is 5.75 Å². The van der Waals surface area contributed by atoms with Gasteiger partial charge in [-0.2, -0.15) is 4.98 Å². The average Bonchev–Trinajstić information content (AvgIpc) is 2.94. The van der Waals surface area contributed by atoms with Crippen molar-refractivity contribution in [3.8, 4) is 16.5 Å². The maximum Gasteiger partial charge on any atom is 0.268 e. The van der Waals surface area contributed by atoms with E-state index in [1.54, 1.807) is 7.11 Å². The maximum atomic E-state index is 5.17. The lowest BCUT2D eigenvalue weighted by Gasteiger charge is -1.90. The van der Waals surface area contributed by atoms with Gasteiger partial charge >= 0.3 is 0 Å². The number of likely N-dealkylation sites (N-methyl/N-ethyl adjacent to an activating group) is 1. The molecule has 2 aromatic rings. The molecule has 2 rings (SSSR count). The first-order valence-electron chi connectivity index (χ1n) is 4.93. The minimum Gasteiger partial charge on any atom is -0.496 e. The van der Waals surface area contributed by atoms with Crippen LogP contribution >= 0.6 is 11.3 Å². The van der Waals surface area contributed by atoms with E-state index in [-0.39, 0.29) is 0 Å². The zero-order valence-corrected chi connectivity index (χ0v) is 10.0. The van der Waals surface area contributed by atoms with Crippen molar-refractivity contribution >= 4 is 11.3 Å². The molecule has 0 fully saturated rings. The van der Waals surface area contributed by atoms with Crippen molar-refractivity contribution in [3.05, 3.63) is 17.3 Å². The Hall–Kier alpha value is -1.40. The third-order valence-corrected chi connectivity index (χ3v) is 2.99. The van der Waals surface area contributed by atoms with Crippen molar-refractivity contribution in [2.45, 2.75) is 6.42 Å². The van der Waals surface area contributed by atoms with Crippen LogP contribution in [0.1, 0.15) is 5.82 Å². The molecule has 0 aliphatic carbocycles. The van der Waals surface area contributed by atoms with Gasteiger partial charge in [0.1, 0.15) is 5.75 Å². The predicted octanol–water partition coefficient (Wildman–Crippen LogP) is 1.57. The van der Waals surface area contributed by atoms with E-state index < -0.39 is 0 Å². The number of methoxy groups -OCH3 is 1. The molecule has 0 amide bonds. The number of thiophene rings is 1. The monoisotopic (exact) mass is 239 g/mol. The Labute approximate surface area is 97.4 Å². The van der Waals surface area contributed by atoms with Gasteiger partial charge in [0.15, 0.2) is 5.82 Å². The molecule has 0 unspecified atom stereocenters. The lowest BCUT2D eigenvalue weighted by atomic mass is 10.4. The Morgan fingerprint density at radius 1 is 1.56 bits per heavy atom. The highest BCUT2D eigenvalue weighted by atomic mass is 32.1. The van der Waals surface area contributed by atoms with Crippen LogP contribution in [-0.4, -0.2) is 30.8 Å². The van der Waals surface area contributed by atoms with E-state index in [1.807, 2.05) is 18.5 Å². The van der Waals surface area contributed by atoms with Crippen molar-refractivity contribution in [2.75, 3.05) is 20.7 Å². The molecule has 0 bridgehead atoms. The standard InChI is InChI=1S/C10H13N3O2S/c1-11-4-3-9-12-10(15-13-9)8-5-7(14-2)6-16-8/h5-6,11H,3-4H2,1-2H3. The molecule has 0 atom stereocenters. The van der Waals surface area contributed by atoms with Crippen LogP contribution in [0.25, 0.3) is 10.8 Å². The van der Waals surface area contributed by atoms with Crippen LogP contribution in [0.3, 0.4) is 0 Å². The zero-order chi connectivity index (χ0) is 11.4. The number of aromatic nitrogens is 2. The summed E-state index contributed by atoms with van der Waals surface area (Å²) >= 11 is 1.53. The SMILES string of the molecule is CNCCc1noc(-c2cc(OC)cs2)n1. The summed E-state index contributed by atoms with van der Waals surface area (Å²) in [5.74, 6) is 2.09. The summed E-state index contributed by atoms with van der Waals surface area (Å²) in [7, 11) is 3.53. The maximum absolute atomic E-state index is 5.17. The van der Waals surface area contributed by atoms with E-state index in [2.05, 4.69) is 15.5 Å². The molecule has 2 heterocycles. The summed E-state index contributed by atoms with van der Waals surface area (Å²) in [4.78, 5) is 5.23. The predicted molar refractivity (Wildman–Crippen MR) is 61.8 cm³/mol. The highest BCUT2D eigenvalue weighted by Crippen LogP contribution is 2.29. The van der Waals surface area contributed by atoms with Crippen LogP contribution in [0, 0.1) is 0 Å². The van der Waals surface area contributed by atoms with Crippen molar-refractivity contribution in [3.63, 3.8) is 0 Å². The van der Waals surface area contributed by atoms with Crippen molar-refractivity contribution in [1.29, 1.82) is 0 Å². The molecule has 6 heteroatoms. The molecule has 86 valence electrons. The van der Waals surface area contributed by atoms with E-state index in [1.165, 1.54) is 11.3 Å². The van der Waals surface area contributed by atoms with Crippen LogP contribution in [0.4, 0.5) is 0 Å². The second kappa shape index (κ2) is 5.09. The number of rotatable bonds is 5. The van der Waals surface area contributed by atoms with E-state index in [0.717, 1.165) is 29.4 Å². The highest BCUT2D eigenvalue weighted by molar-refractivity contribution is 7.13. The first-order chi connectivity index (χ1) is 7.83. The first kappa shape index (κ1) is 11.1. The van der Waals surface area contributed by atoms with E-state index in [0.29, 0.717) is 5.89 Å². The van der Waals surface area contributed by atoms with Crippen LogP contribution in [-0.2, 0) is 6.42 Å². The van der Waals surface area contributed by atoms with Gasteiger partial charge in [-0.05, 0) is 7.05 Å². The van der Waals surface area contributed by atoms with Gasteiger partial charge in [0.25, 0.3) is 5.89 Å². The Balaban J connectivity index is 2.11. The molecule has 5 nitrogen and oxygen atoms in total. The van der Waals surface area contributed by atoms with E-state index >= 15 is 0 Å². The highest BCUT2D eigenvalue weighted by Gasteiger charge is 2.11. The quantitative estimate of drug-likeness (QED) is 0.858. The molecular formula is C10H13N3O2S. The second-order valence-corrected chi connectivity index (χ2v) is 4.13. The largest absolute Gasteiger partial charge is 0.496 e. The normalized spacial score (nSPS) is 10.6. The average molecular weight is 239 g/mol. The number of ether oxygens (including phenoxy) is 1. The Morgan fingerprint density at radius 2 is 2.44 bits per heavy atom. The molecule has 0 spiro atoms.